The van der Waals surface area contributed by atoms with Crippen LogP contribution in [0.4, 0.5) is 26.3 Å². The van der Waals surface area contributed by atoms with Crippen molar-refractivity contribution >= 4 is 11.3 Å². The molecule has 74 valence electrons. The molecule has 0 aliphatic carbocycles. The van der Waals surface area contributed by atoms with Gasteiger partial charge in [0.25, 0.3) is 0 Å². The Labute approximate surface area is 72.8 Å². The lowest BCUT2D eigenvalue weighted by molar-refractivity contribution is -0.161. The fourth-order valence-corrected chi connectivity index (χ4v) is 1.60. The fourth-order valence-electron chi connectivity index (χ4n) is 0.736. The number of alkyl halides is 6. The van der Waals surface area contributed by atoms with Crippen LogP contribution in [0.3, 0.4) is 0 Å². The van der Waals surface area contributed by atoms with Gasteiger partial charge in [0.1, 0.15) is 0 Å². The van der Waals surface area contributed by atoms with Gasteiger partial charge in [0.2, 0.25) is 0 Å². The van der Waals surface area contributed by atoms with E-state index >= 15 is 0 Å². The van der Waals surface area contributed by atoms with Crippen molar-refractivity contribution < 1.29 is 26.3 Å². The minimum atomic E-state index is -4.94. The Morgan fingerprint density at radius 3 is 1.31 bits per heavy atom. The summed E-state index contributed by atoms with van der Waals surface area (Å²) in [4.78, 5) is 0. The van der Waals surface area contributed by atoms with Gasteiger partial charge >= 0.3 is 12.4 Å². The Bertz CT molecular complexity index is 264. The molecule has 0 nitrogen and oxygen atoms in total. The van der Waals surface area contributed by atoms with Gasteiger partial charge in [0.05, 0.1) is 11.1 Å². The van der Waals surface area contributed by atoms with Crippen molar-refractivity contribution in [2.24, 2.45) is 0 Å². The van der Waals surface area contributed by atoms with Crippen LogP contribution >= 0.6 is 11.3 Å². The van der Waals surface area contributed by atoms with Crippen LogP contribution in [-0.4, -0.2) is 0 Å². The van der Waals surface area contributed by atoms with Gasteiger partial charge in [-0.3, -0.25) is 0 Å². The molecular formula is C6H2F6S. The average Bonchev–Trinajstić information content (AvgIpc) is 2.27. The van der Waals surface area contributed by atoms with Crippen LogP contribution in [0.25, 0.3) is 0 Å². The lowest BCUT2D eigenvalue weighted by Crippen LogP contribution is -2.13. The van der Waals surface area contributed by atoms with E-state index in [1.807, 2.05) is 0 Å². The minimum Gasteiger partial charge on any atom is -0.166 e. The van der Waals surface area contributed by atoms with E-state index in [1.165, 1.54) is 0 Å². The molecule has 0 saturated carbocycles. The molecule has 7 heteroatoms. The van der Waals surface area contributed by atoms with Gasteiger partial charge in [0.15, 0.2) is 0 Å². The summed E-state index contributed by atoms with van der Waals surface area (Å²) in [6.45, 7) is 0. The first kappa shape index (κ1) is 10.4. The van der Waals surface area contributed by atoms with Crippen LogP contribution in [0.1, 0.15) is 11.1 Å². The maximum atomic E-state index is 11.9. The first-order valence-electron chi connectivity index (χ1n) is 2.93. The zero-order valence-corrected chi connectivity index (χ0v) is 6.65. The second-order valence-electron chi connectivity index (χ2n) is 2.19. The van der Waals surface area contributed by atoms with Crippen molar-refractivity contribution in [3.05, 3.63) is 21.9 Å². The van der Waals surface area contributed by atoms with Gasteiger partial charge in [-0.1, -0.05) is 0 Å². The quantitative estimate of drug-likeness (QED) is 0.583. The predicted molar refractivity (Wildman–Crippen MR) is 34.3 cm³/mol. The highest BCUT2D eigenvalue weighted by Gasteiger charge is 2.43. The predicted octanol–water partition coefficient (Wildman–Crippen LogP) is 3.79. The van der Waals surface area contributed by atoms with Crippen LogP contribution in [0.15, 0.2) is 10.8 Å². The first-order valence-corrected chi connectivity index (χ1v) is 3.88. The summed E-state index contributed by atoms with van der Waals surface area (Å²) < 4.78 is 71.5. The topological polar surface area (TPSA) is 0 Å². The maximum absolute atomic E-state index is 11.9. The lowest BCUT2D eigenvalue weighted by Gasteiger charge is -2.10. The number of rotatable bonds is 0. The van der Waals surface area contributed by atoms with Crippen molar-refractivity contribution in [2.75, 3.05) is 0 Å². The third-order valence-corrected chi connectivity index (χ3v) is 2.02. The van der Waals surface area contributed by atoms with Gasteiger partial charge in [-0.15, -0.1) is 0 Å². The second-order valence-corrected chi connectivity index (χ2v) is 2.94. The Kier molecular flexibility index (Phi) is 2.31. The number of hydrogen-bond donors (Lipinski definition) is 0. The third kappa shape index (κ3) is 2.15. The van der Waals surface area contributed by atoms with E-state index in [1.54, 1.807) is 0 Å². The van der Waals surface area contributed by atoms with Crippen LogP contribution in [0.2, 0.25) is 0 Å². The molecule has 1 heterocycles. The molecule has 0 spiro atoms. The summed E-state index contributed by atoms with van der Waals surface area (Å²) in [5.41, 5.74) is -3.24. The molecule has 0 unspecified atom stereocenters. The third-order valence-electron chi connectivity index (χ3n) is 1.27. The van der Waals surface area contributed by atoms with E-state index in [4.69, 9.17) is 0 Å². The number of thiophene rings is 1. The number of hydrogen-bond acceptors (Lipinski definition) is 1. The van der Waals surface area contributed by atoms with Crippen LogP contribution in [-0.2, 0) is 12.4 Å². The van der Waals surface area contributed by atoms with E-state index in [-0.39, 0.29) is 0 Å². The molecule has 0 bridgehead atoms. The molecule has 1 aromatic heterocycles. The summed E-state index contributed by atoms with van der Waals surface area (Å²) in [6.07, 6.45) is -9.88. The number of halogens is 6. The Morgan fingerprint density at radius 2 is 1.08 bits per heavy atom. The second kappa shape index (κ2) is 2.90. The molecule has 0 aliphatic heterocycles. The lowest BCUT2D eigenvalue weighted by atomic mass is 10.2. The van der Waals surface area contributed by atoms with Crippen LogP contribution < -0.4 is 0 Å². The van der Waals surface area contributed by atoms with Gasteiger partial charge in [-0.25, -0.2) is 0 Å². The van der Waals surface area contributed by atoms with Crippen molar-refractivity contribution in [3.8, 4) is 0 Å². The maximum Gasteiger partial charge on any atom is 0.417 e. The van der Waals surface area contributed by atoms with Crippen LogP contribution in [0.5, 0.6) is 0 Å². The standard InChI is InChI=1S/C6H2F6S/c7-5(8,9)3-1-13-2-4(3)6(10,11)12/h1-2H. The molecule has 0 atom stereocenters. The summed E-state index contributed by atoms with van der Waals surface area (Å²) in [6, 6.07) is 0. The van der Waals surface area contributed by atoms with E-state index in [0.717, 1.165) is 0 Å². The average molecular weight is 220 g/mol. The molecule has 0 radical (unpaired) electrons. The highest BCUT2D eigenvalue weighted by Crippen LogP contribution is 2.41. The molecule has 1 aromatic rings. The molecule has 0 aromatic carbocycles. The van der Waals surface area contributed by atoms with E-state index < -0.39 is 23.5 Å². The SMILES string of the molecule is FC(F)(F)c1cscc1C(F)(F)F. The highest BCUT2D eigenvalue weighted by atomic mass is 32.1. The molecule has 0 saturated heterocycles. The van der Waals surface area contributed by atoms with E-state index in [9.17, 15) is 26.3 Å². The van der Waals surface area contributed by atoms with E-state index in [0.29, 0.717) is 22.1 Å². The zero-order chi connectivity index (χ0) is 10.3. The van der Waals surface area contributed by atoms with Gasteiger partial charge in [-0.05, 0) is 0 Å². The van der Waals surface area contributed by atoms with Crippen molar-refractivity contribution in [2.45, 2.75) is 12.4 Å². The summed E-state index contributed by atoms with van der Waals surface area (Å²) in [7, 11) is 0. The van der Waals surface area contributed by atoms with Gasteiger partial charge in [0, 0.05) is 10.8 Å². The van der Waals surface area contributed by atoms with Crippen LogP contribution in [0, 0.1) is 0 Å². The van der Waals surface area contributed by atoms with Crippen molar-refractivity contribution in [3.63, 3.8) is 0 Å². The smallest absolute Gasteiger partial charge is 0.166 e. The first-order chi connectivity index (χ1) is 5.73. The summed E-state index contributed by atoms with van der Waals surface area (Å²) in [5, 5.41) is 0.894. The molecule has 0 amide bonds. The highest BCUT2D eigenvalue weighted by molar-refractivity contribution is 7.08. The summed E-state index contributed by atoms with van der Waals surface area (Å²) >= 11 is 0.380. The molecule has 0 aliphatic rings. The largest absolute Gasteiger partial charge is 0.417 e. The molecular weight excluding hydrogens is 218 g/mol. The monoisotopic (exact) mass is 220 g/mol. The Morgan fingerprint density at radius 1 is 0.769 bits per heavy atom. The van der Waals surface area contributed by atoms with Crippen molar-refractivity contribution in [1.29, 1.82) is 0 Å². The van der Waals surface area contributed by atoms with Gasteiger partial charge < -0.3 is 0 Å². The fraction of sp³-hybridized carbons (Fsp3) is 0.333. The Balaban J connectivity index is 3.19. The minimum absolute atomic E-state index is 0.380. The van der Waals surface area contributed by atoms with Gasteiger partial charge in [-0.2, -0.15) is 37.7 Å². The normalized spacial score (nSPS) is 13.4. The zero-order valence-electron chi connectivity index (χ0n) is 5.83. The summed E-state index contributed by atoms with van der Waals surface area (Å²) in [5.74, 6) is 0. The molecule has 0 fully saturated rings. The molecule has 0 N–H and O–H groups in total. The van der Waals surface area contributed by atoms with E-state index in [2.05, 4.69) is 0 Å². The molecule has 13 heavy (non-hydrogen) atoms. The Hall–Kier alpha value is -0.720. The van der Waals surface area contributed by atoms with Crippen molar-refractivity contribution in [1.82, 2.24) is 0 Å². The molecule has 1 rings (SSSR count).